The monoisotopic (exact) mass is 222 g/mol. The van der Waals surface area contributed by atoms with Gasteiger partial charge in [0.05, 0.1) is 7.11 Å². The van der Waals surface area contributed by atoms with Gasteiger partial charge >= 0.3 is 5.97 Å². The van der Waals surface area contributed by atoms with Crippen LogP contribution in [0, 0.1) is 6.92 Å². The molecule has 3 heteroatoms. The summed E-state index contributed by atoms with van der Waals surface area (Å²) in [6.45, 7) is 3.79. The van der Waals surface area contributed by atoms with E-state index in [2.05, 4.69) is 4.74 Å². The van der Waals surface area contributed by atoms with Gasteiger partial charge in [0.25, 0.3) is 0 Å². The fraction of sp³-hybridized carbons (Fsp3) is 0.250. The lowest BCUT2D eigenvalue weighted by Crippen LogP contribution is -2.00. The molecule has 0 atom stereocenters. The third kappa shape index (κ3) is 3.80. The molecule has 0 aliphatic heterocycles. The number of carbonyl (C=O) groups is 1. The fourth-order valence-corrected chi connectivity index (χ4v) is 1.68. The normalized spacial score (nSPS) is 11.3. The minimum Gasteiger partial charge on any atom is -0.466 e. The maximum absolute atomic E-state index is 11.1. The summed E-state index contributed by atoms with van der Waals surface area (Å²) in [5, 5.41) is 1.80. The number of benzene rings is 1. The largest absolute Gasteiger partial charge is 0.466 e. The van der Waals surface area contributed by atoms with Crippen LogP contribution in [0.5, 0.6) is 0 Å². The van der Waals surface area contributed by atoms with Crippen LogP contribution in [-0.2, 0) is 9.53 Å². The lowest BCUT2D eigenvalue weighted by Gasteiger charge is -1.99. The van der Waals surface area contributed by atoms with Gasteiger partial charge in [0.15, 0.2) is 0 Å². The molecule has 1 aromatic carbocycles. The van der Waals surface area contributed by atoms with Crippen LogP contribution >= 0.6 is 11.8 Å². The van der Waals surface area contributed by atoms with Crippen molar-refractivity contribution in [1.29, 1.82) is 0 Å². The first-order valence-electron chi connectivity index (χ1n) is 4.62. The molecule has 0 fully saturated rings. The van der Waals surface area contributed by atoms with Crippen molar-refractivity contribution in [3.8, 4) is 0 Å². The van der Waals surface area contributed by atoms with E-state index in [9.17, 15) is 4.79 Å². The molecule has 0 saturated heterocycles. The van der Waals surface area contributed by atoms with Crippen molar-refractivity contribution in [2.75, 3.05) is 7.11 Å². The summed E-state index contributed by atoms with van der Waals surface area (Å²) < 4.78 is 4.60. The number of hydrogen-bond donors (Lipinski definition) is 0. The zero-order valence-electron chi connectivity index (χ0n) is 9.11. The first-order valence-corrected chi connectivity index (χ1v) is 5.50. The van der Waals surface area contributed by atoms with E-state index in [1.54, 1.807) is 12.3 Å². The Morgan fingerprint density at radius 3 is 2.47 bits per heavy atom. The van der Waals surface area contributed by atoms with Crippen LogP contribution < -0.4 is 0 Å². The van der Waals surface area contributed by atoms with Gasteiger partial charge in [-0.05, 0) is 31.4 Å². The molecule has 0 aliphatic carbocycles. The Labute approximate surface area is 94.3 Å². The predicted octanol–water partition coefficient (Wildman–Crippen LogP) is 3.16. The van der Waals surface area contributed by atoms with Crippen LogP contribution in [0.25, 0.3) is 0 Å². The van der Waals surface area contributed by atoms with Gasteiger partial charge in [-0.15, -0.1) is 0 Å². The number of rotatable bonds is 3. The molecule has 1 aromatic rings. The molecule has 0 spiro atoms. The van der Waals surface area contributed by atoms with Crippen molar-refractivity contribution in [1.82, 2.24) is 0 Å². The second-order valence-corrected chi connectivity index (χ2v) is 4.17. The lowest BCUT2D eigenvalue weighted by molar-refractivity contribution is -0.136. The molecule has 0 aliphatic rings. The zero-order valence-corrected chi connectivity index (χ0v) is 9.93. The molecular formula is C12H14O2S. The highest BCUT2D eigenvalue weighted by atomic mass is 32.2. The summed E-state index contributed by atoms with van der Waals surface area (Å²) in [7, 11) is 1.39. The maximum atomic E-state index is 11.1. The predicted molar refractivity (Wildman–Crippen MR) is 62.8 cm³/mol. The third-order valence-electron chi connectivity index (χ3n) is 1.90. The first kappa shape index (κ1) is 11.9. The van der Waals surface area contributed by atoms with Crippen LogP contribution in [0.4, 0.5) is 0 Å². The Hall–Kier alpha value is -1.22. The summed E-state index contributed by atoms with van der Waals surface area (Å²) in [5.41, 5.74) is 1.84. The van der Waals surface area contributed by atoms with Gasteiger partial charge in [0.2, 0.25) is 0 Å². The van der Waals surface area contributed by atoms with E-state index < -0.39 is 0 Å². The second-order valence-electron chi connectivity index (χ2n) is 3.22. The topological polar surface area (TPSA) is 26.3 Å². The Morgan fingerprint density at radius 2 is 1.93 bits per heavy atom. The zero-order chi connectivity index (χ0) is 11.3. The molecule has 0 amide bonds. The summed E-state index contributed by atoms with van der Waals surface area (Å²) in [4.78, 5) is 12.2. The molecule has 0 saturated carbocycles. The molecule has 0 radical (unpaired) electrons. The first-order chi connectivity index (χ1) is 7.13. The van der Waals surface area contributed by atoms with Crippen molar-refractivity contribution in [3.05, 3.63) is 40.8 Å². The van der Waals surface area contributed by atoms with Crippen molar-refractivity contribution in [2.45, 2.75) is 18.7 Å². The SMILES string of the molecule is COC(=O)C(C)=CSc1ccc(C)cc1. The van der Waals surface area contributed by atoms with E-state index in [4.69, 9.17) is 0 Å². The number of thioether (sulfide) groups is 1. The molecule has 0 aromatic heterocycles. The van der Waals surface area contributed by atoms with E-state index in [0.29, 0.717) is 5.57 Å². The molecule has 0 heterocycles. The Morgan fingerprint density at radius 1 is 1.33 bits per heavy atom. The van der Waals surface area contributed by atoms with E-state index >= 15 is 0 Å². The number of esters is 1. The van der Waals surface area contributed by atoms with Crippen LogP contribution in [0.1, 0.15) is 12.5 Å². The minimum atomic E-state index is -0.283. The van der Waals surface area contributed by atoms with Gasteiger partial charge in [0, 0.05) is 10.5 Å². The summed E-state index contributed by atoms with van der Waals surface area (Å²) in [6.07, 6.45) is 0. The summed E-state index contributed by atoms with van der Waals surface area (Å²) >= 11 is 1.52. The number of carbonyl (C=O) groups excluding carboxylic acids is 1. The van der Waals surface area contributed by atoms with Crippen molar-refractivity contribution < 1.29 is 9.53 Å². The molecule has 0 bridgehead atoms. The van der Waals surface area contributed by atoms with Gasteiger partial charge in [-0.2, -0.15) is 0 Å². The van der Waals surface area contributed by atoms with Crippen LogP contribution in [0.2, 0.25) is 0 Å². The quantitative estimate of drug-likeness (QED) is 0.446. The summed E-state index contributed by atoms with van der Waals surface area (Å²) in [5.74, 6) is -0.283. The Bertz CT molecular complexity index is 366. The standard InChI is InChI=1S/C12H14O2S/c1-9-4-6-11(7-5-9)15-8-10(2)12(13)14-3/h4-8H,1-3H3. The summed E-state index contributed by atoms with van der Waals surface area (Å²) in [6, 6.07) is 8.15. The molecule has 0 unspecified atom stereocenters. The smallest absolute Gasteiger partial charge is 0.333 e. The average molecular weight is 222 g/mol. The van der Waals surface area contributed by atoms with Crippen LogP contribution in [-0.4, -0.2) is 13.1 Å². The van der Waals surface area contributed by atoms with Crippen LogP contribution in [0.3, 0.4) is 0 Å². The highest BCUT2D eigenvalue weighted by Gasteiger charge is 2.02. The average Bonchev–Trinajstić information content (AvgIpc) is 2.26. The number of aryl methyl sites for hydroxylation is 1. The Balaban J connectivity index is 2.63. The molecule has 80 valence electrons. The van der Waals surface area contributed by atoms with E-state index in [0.717, 1.165) is 4.90 Å². The van der Waals surface area contributed by atoms with Gasteiger partial charge in [-0.1, -0.05) is 29.5 Å². The fourth-order valence-electron chi connectivity index (χ4n) is 0.982. The Kier molecular flexibility index (Phi) is 4.43. The van der Waals surface area contributed by atoms with Crippen molar-refractivity contribution >= 4 is 17.7 Å². The van der Waals surface area contributed by atoms with Crippen LogP contribution in [0.15, 0.2) is 40.1 Å². The van der Waals surface area contributed by atoms with E-state index in [1.165, 1.54) is 24.4 Å². The molecule has 15 heavy (non-hydrogen) atoms. The highest BCUT2D eigenvalue weighted by Crippen LogP contribution is 2.21. The molecule has 2 nitrogen and oxygen atoms in total. The molecule has 0 N–H and O–H groups in total. The van der Waals surface area contributed by atoms with Gasteiger partial charge in [-0.25, -0.2) is 4.79 Å². The third-order valence-corrected chi connectivity index (χ3v) is 2.92. The second kappa shape index (κ2) is 5.61. The number of methoxy groups -OCH3 is 1. The molecular weight excluding hydrogens is 208 g/mol. The lowest BCUT2D eigenvalue weighted by atomic mass is 10.2. The number of ether oxygens (including phenoxy) is 1. The van der Waals surface area contributed by atoms with Gasteiger partial charge < -0.3 is 4.74 Å². The van der Waals surface area contributed by atoms with E-state index in [1.807, 2.05) is 31.2 Å². The van der Waals surface area contributed by atoms with Gasteiger partial charge in [-0.3, -0.25) is 0 Å². The van der Waals surface area contributed by atoms with E-state index in [-0.39, 0.29) is 5.97 Å². The molecule has 1 rings (SSSR count). The maximum Gasteiger partial charge on any atom is 0.333 e. The minimum absolute atomic E-state index is 0.283. The van der Waals surface area contributed by atoms with Crippen molar-refractivity contribution in [2.24, 2.45) is 0 Å². The number of hydrogen-bond acceptors (Lipinski definition) is 3. The highest BCUT2D eigenvalue weighted by molar-refractivity contribution is 8.02. The van der Waals surface area contributed by atoms with Crippen molar-refractivity contribution in [3.63, 3.8) is 0 Å². The van der Waals surface area contributed by atoms with Gasteiger partial charge in [0.1, 0.15) is 0 Å².